The number of guanidine groups is 1. The van der Waals surface area contributed by atoms with Crippen molar-refractivity contribution in [2.75, 3.05) is 39.9 Å². The van der Waals surface area contributed by atoms with Gasteiger partial charge in [-0.05, 0) is 59.1 Å². The van der Waals surface area contributed by atoms with Crippen LogP contribution in [-0.4, -0.2) is 72.6 Å². The molecule has 2 heterocycles. The van der Waals surface area contributed by atoms with Crippen LogP contribution in [0.4, 0.5) is 0 Å². The molecule has 0 bridgehead atoms. The molecular formula is C20H38N6O. The average molecular weight is 379 g/mol. The summed E-state index contributed by atoms with van der Waals surface area (Å²) in [6.45, 7) is 13.2. The van der Waals surface area contributed by atoms with Gasteiger partial charge in [-0.1, -0.05) is 0 Å². The Labute approximate surface area is 164 Å². The second-order valence-corrected chi connectivity index (χ2v) is 7.57. The zero-order valence-corrected chi connectivity index (χ0v) is 18.0. The molecule has 1 aromatic heterocycles. The Morgan fingerprint density at radius 2 is 2.19 bits per heavy atom. The van der Waals surface area contributed by atoms with Crippen LogP contribution in [0.25, 0.3) is 0 Å². The minimum absolute atomic E-state index is 0.289. The van der Waals surface area contributed by atoms with E-state index in [4.69, 9.17) is 9.73 Å². The van der Waals surface area contributed by atoms with E-state index in [9.17, 15) is 0 Å². The van der Waals surface area contributed by atoms with E-state index >= 15 is 0 Å². The first kappa shape index (κ1) is 21.7. The Morgan fingerprint density at radius 3 is 2.81 bits per heavy atom. The van der Waals surface area contributed by atoms with Crippen LogP contribution in [0.2, 0.25) is 0 Å². The van der Waals surface area contributed by atoms with Crippen molar-refractivity contribution in [3.05, 3.63) is 17.0 Å². The number of methoxy groups -OCH3 is 1. The second kappa shape index (κ2) is 10.7. The first-order valence-electron chi connectivity index (χ1n) is 10.2. The summed E-state index contributed by atoms with van der Waals surface area (Å²) in [6.07, 6.45) is 3.42. The van der Waals surface area contributed by atoms with Crippen LogP contribution in [-0.2, 0) is 18.2 Å². The van der Waals surface area contributed by atoms with Gasteiger partial charge in [0.2, 0.25) is 0 Å². The number of aromatic nitrogens is 2. The Morgan fingerprint density at radius 1 is 1.41 bits per heavy atom. The number of nitrogens with one attached hydrogen (secondary N) is 2. The van der Waals surface area contributed by atoms with Gasteiger partial charge in [-0.25, -0.2) is 0 Å². The molecule has 1 aromatic rings. The van der Waals surface area contributed by atoms with Crippen molar-refractivity contribution in [3.8, 4) is 0 Å². The van der Waals surface area contributed by atoms with Crippen molar-refractivity contribution in [1.29, 1.82) is 0 Å². The van der Waals surface area contributed by atoms with E-state index in [1.807, 2.05) is 11.7 Å². The van der Waals surface area contributed by atoms with Gasteiger partial charge in [0.15, 0.2) is 5.96 Å². The van der Waals surface area contributed by atoms with Crippen molar-refractivity contribution in [2.45, 2.75) is 59.0 Å². The standard InChI is InChI=1S/C20H38N6O/c1-7-21-20(22-14-18-9-8-10-26(18)11-12-27-6)23-15(2)13-19-16(3)24-25(5)17(19)4/h15,18H,7-14H2,1-6H3,(H2,21,22,23). The number of aryl methyl sites for hydroxylation is 2. The van der Waals surface area contributed by atoms with Gasteiger partial charge in [-0.15, -0.1) is 0 Å². The fraction of sp³-hybridized carbons (Fsp3) is 0.800. The summed E-state index contributed by atoms with van der Waals surface area (Å²) in [5, 5.41) is 11.5. The molecule has 2 rings (SSSR count). The lowest BCUT2D eigenvalue weighted by molar-refractivity contribution is 0.142. The molecule has 0 amide bonds. The summed E-state index contributed by atoms with van der Waals surface area (Å²) in [5.74, 6) is 0.905. The molecule has 0 spiro atoms. The van der Waals surface area contributed by atoms with E-state index in [1.165, 1.54) is 24.1 Å². The topological polar surface area (TPSA) is 66.7 Å². The Balaban J connectivity index is 1.94. The SMILES string of the molecule is CCNC(=NCC1CCCN1CCOC)NC(C)Cc1c(C)nn(C)c1C. The molecule has 1 aliphatic heterocycles. The predicted molar refractivity (Wildman–Crippen MR) is 111 cm³/mol. The third kappa shape index (κ3) is 6.21. The highest BCUT2D eigenvalue weighted by atomic mass is 16.5. The lowest BCUT2D eigenvalue weighted by Gasteiger charge is -2.23. The average Bonchev–Trinajstić information content (AvgIpc) is 3.17. The second-order valence-electron chi connectivity index (χ2n) is 7.57. The number of hydrogen-bond acceptors (Lipinski definition) is 4. The van der Waals surface area contributed by atoms with E-state index in [-0.39, 0.29) is 6.04 Å². The van der Waals surface area contributed by atoms with Crippen LogP contribution < -0.4 is 10.6 Å². The summed E-state index contributed by atoms with van der Waals surface area (Å²) < 4.78 is 7.20. The highest BCUT2D eigenvalue weighted by Crippen LogP contribution is 2.17. The van der Waals surface area contributed by atoms with Gasteiger partial charge in [-0.2, -0.15) is 5.10 Å². The van der Waals surface area contributed by atoms with Crippen LogP contribution in [0, 0.1) is 13.8 Å². The first-order chi connectivity index (χ1) is 13.0. The molecule has 7 heteroatoms. The van der Waals surface area contributed by atoms with Crippen LogP contribution in [0.5, 0.6) is 0 Å². The third-order valence-corrected chi connectivity index (χ3v) is 5.44. The van der Waals surface area contributed by atoms with Crippen molar-refractivity contribution in [3.63, 3.8) is 0 Å². The summed E-state index contributed by atoms with van der Waals surface area (Å²) >= 11 is 0. The molecule has 1 fully saturated rings. The van der Waals surface area contributed by atoms with Crippen LogP contribution in [0.3, 0.4) is 0 Å². The van der Waals surface area contributed by atoms with Crippen LogP contribution in [0.1, 0.15) is 43.6 Å². The number of ether oxygens (including phenoxy) is 1. The quantitative estimate of drug-likeness (QED) is 0.505. The van der Waals surface area contributed by atoms with E-state index in [0.717, 1.165) is 50.9 Å². The largest absolute Gasteiger partial charge is 0.383 e. The van der Waals surface area contributed by atoms with Gasteiger partial charge in [0, 0.05) is 45.0 Å². The van der Waals surface area contributed by atoms with E-state index in [1.54, 1.807) is 7.11 Å². The summed E-state index contributed by atoms with van der Waals surface area (Å²) in [7, 11) is 3.77. The van der Waals surface area contributed by atoms with Gasteiger partial charge >= 0.3 is 0 Å². The minimum atomic E-state index is 0.289. The van der Waals surface area contributed by atoms with Crippen molar-refractivity contribution < 1.29 is 4.74 Å². The Kier molecular flexibility index (Phi) is 8.57. The highest BCUT2D eigenvalue weighted by Gasteiger charge is 2.24. The molecule has 0 radical (unpaired) electrons. The lowest BCUT2D eigenvalue weighted by Crippen LogP contribution is -2.44. The normalized spacial score (nSPS) is 19.5. The fourth-order valence-corrected chi connectivity index (χ4v) is 3.83. The lowest BCUT2D eigenvalue weighted by atomic mass is 10.1. The summed E-state index contributed by atoms with van der Waals surface area (Å²) in [4.78, 5) is 7.38. The van der Waals surface area contributed by atoms with Crippen molar-refractivity contribution in [2.24, 2.45) is 12.0 Å². The fourth-order valence-electron chi connectivity index (χ4n) is 3.83. The monoisotopic (exact) mass is 378 g/mol. The molecule has 0 aliphatic carbocycles. The third-order valence-electron chi connectivity index (χ3n) is 5.44. The van der Waals surface area contributed by atoms with E-state index in [0.29, 0.717) is 6.04 Å². The number of likely N-dealkylation sites (tertiary alicyclic amines) is 1. The summed E-state index contributed by atoms with van der Waals surface area (Å²) in [6, 6.07) is 0.811. The molecular weight excluding hydrogens is 340 g/mol. The molecule has 2 unspecified atom stereocenters. The summed E-state index contributed by atoms with van der Waals surface area (Å²) in [5.41, 5.74) is 3.68. The maximum absolute atomic E-state index is 5.24. The zero-order valence-electron chi connectivity index (χ0n) is 18.0. The zero-order chi connectivity index (χ0) is 19.8. The smallest absolute Gasteiger partial charge is 0.191 e. The van der Waals surface area contributed by atoms with Crippen LogP contribution >= 0.6 is 0 Å². The molecule has 2 atom stereocenters. The number of aliphatic imine (C=N–C) groups is 1. The van der Waals surface area contributed by atoms with Gasteiger partial charge in [-0.3, -0.25) is 14.6 Å². The Hall–Kier alpha value is -1.60. The van der Waals surface area contributed by atoms with Gasteiger partial charge in [0.25, 0.3) is 0 Å². The van der Waals surface area contributed by atoms with Gasteiger partial charge < -0.3 is 15.4 Å². The molecule has 1 saturated heterocycles. The van der Waals surface area contributed by atoms with Gasteiger partial charge in [0.05, 0.1) is 18.8 Å². The maximum atomic E-state index is 5.24. The Bertz CT molecular complexity index is 612. The predicted octanol–water partition coefficient (Wildman–Crippen LogP) is 1.63. The van der Waals surface area contributed by atoms with Crippen LogP contribution in [0.15, 0.2) is 4.99 Å². The molecule has 0 aromatic carbocycles. The number of nitrogens with zero attached hydrogens (tertiary/aromatic N) is 4. The van der Waals surface area contributed by atoms with E-state index in [2.05, 4.69) is 48.3 Å². The maximum Gasteiger partial charge on any atom is 0.191 e. The highest BCUT2D eigenvalue weighted by molar-refractivity contribution is 5.80. The van der Waals surface area contributed by atoms with E-state index < -0.39 is 0 Å². The van der Waals surface area contributed by atoms with Gasteiger partial charge in [0.1, 0.15) is 0 Å². The number of rotatable bonds is 9. The molecule has 2 N–H and O–H groups in total. The minimum Gasteiger partial charge on any atom is -0.383 e. The molecule has 154 valence electrons. The van der Waals surface area contributed by atoms with Crippen molar-refractivity contribution >= 4 is 5.96 Å². The molecule has 7 nitrogen and oxygen atoms in total. The molecule has 0 saturated carbocycles. The molecule has 1 aliphatic rings. The van der Waals surface area contributed by atoms with Crippen molar-refractivity contribution in [1.82, 2.24) is 25.3 Å². The number of hydrogen-bond donors (Lipinski definition) is 2. The molecule has 27 heavy (non-hydrogen) atoms. The first-order valence-corrected chi connectivity index (χ1v) is 10.2.